The highest BCUT2D eigenvalue weighted by Crippen LogP contribution is 2.46. The molecule has 0 radical (unpaired) electrons. The number of piperazine rings is 1. The lowest BCUT2D eigenvalue weighted by Crippen LogP contribution is -2.44. The van der Waals surface area contributed by atoms with Crippen LogP contribution in [0.1, 0.15) is 5.56 Å². The van der Waals surface area contributed by atoms with Crippen molar-refractivity contribution in [3.05, 3.63) is 29.9 Å². The minimum Gasteiger partial charge on any atom is -0.443 e. The second kappa shape index (κ2) is 5.98. The SMILES string of the molecule is Fc1cc2nc(N3CCNCC3)c3ncoc3c2cc1C(F)(F)C(F)(F)F. The topological polar surface area (TPSA) is 54.2 Å². The summed E-state index contributed by atoms with van der Waals surface area (Å²) in [5.41, 5.74) is -1.67. The quantitative estimate of drug-likeness (QED) is 0.678. The molecule has 1 fully saturated rings. The van der Waals surface area contributed by atoms with E-state index < -0.39 is 23.5 Å². The number of anilines is 1. The largest absolute Gasteiger partial charge is 0.458 e. The molecule has 0 spiro atoms. The molecule has 4 rings (SSSR count). The Balaban J connectivity index is 1.95. The van der Waals surface area contributed by atoms with Crippen LogP contribution in [0.25, 0.3) is 22.0 Å². The number of rotatable bonds is 2. The number of benzene rings is 1. The molecule has 0 aliphatic carbocycles. The summed E-state index contributed by atoms with van der Waals surface area (Å²) >= 11 is 0. The summed E-state index contributed by atoms with van der Waals surface area (Å²) < 4.78 is 84.8. The first-order valence-electron chi connectivity index (χ1n) is 7.97. The highest BCUT2D eigenvalue weighted by Gasteiger charge is 2.60. The molecule has 1 aromatic carbocycles. The summed E-state index contributed by atoms with van der Waals surface area (Å²) in [4.78, 5) is 10.1. The normalized spacial score (nSPS) is 16.4. The number of halogens is 6. The first-order valence-corrected chi connectivity index (χ1v) is 7.97. The van der Waals surface area contributed by atoms with Gasteiger partial charge in [0, 0.05) is 37.6 Å². The Morgan fingerprint density at radius 3 is 2.44 bits per heavy atom. The van der Waals surface area contributed by atoms with E-state index >= 15 is 0 Å². The summed E-state index contributed by atoms with van der Waals surface area (Å²) in [7, 11) is 0. The molecule has 0 unspecified atom stereocenters. The molecule has 1 N–H and O–H groups in total. The van der Waals surface area contributed by atoms with Gasteiger partial charge in [0.2, 0.25) is 0 Å². The number of hydrogen-bond donors (Lipinski definition) is 1. The van der Waals surface area contributed by atoms with Gasteiger partial charge in [0.05, 0.1) is 11.1 Å². The average Bonchev–Trinajstić information content (AvgIpc) is 3.10. The molecule has 3 aromatic rings. The number of nitrogens with one attached hydrogen (secondary N) is 1. The van der Waals surface area contributed by atoms with Crippen molar-refractivity contribution in [3.63, 3.8) is 0 Å². The number of nitrogens with zero attached hydrogens (tertiary/aromatic N) is 3. The van der Waals surface area contributed by atoms with Gasteiger partial charge in [-0.05, 0) is 6.07 Å². The summed E-state index contributed by atoms with van der Waals surface area (Å²) in [5, 5.41) is 2.98. The van der Waals surface area contributed by atoms with E-state index in [1.54, 1.807) is 0 Å². The van der Waals surface area contributed by atoms with Crippen LogP contribution < -0.4 is 10.2 Å². The number of aromatic nitrogens is 2. The van der Waals surface area contributed by atoms with Crippen LogP contribution in [0.2, 0.25) is 0 Å². The van der Waals surface area contributed by atoms with Gasteiger partial charge in [0.15, 0.2) is 23.3 Å². The number of pyridine rings is 1. The maximum Gasteiger partial charge on any atom is 0.458 e. The van der Waals surface area contributed by atoms with E-state index in [-0.39, 0.29) is 22.0 Å². The van der Waals surface area contributed by atoms with Gasteiger partial charge in [0.1, 0.15) is 5.82 Å². The Bertz CT molecular complexity index is 1010. The van der Waals surface area contributed by atoms with Gasteiger partial charge >= 0.3 is 12.1 Å². The molecule has 1 saturated heterocycles. The minimum absolute atomic E-state index is 0.0206. The fourth-order valence-corrected chi connectivity index (χ4v) is 3.09. The van der Waals surface area contributed by atoms with Crippen LogP contribution in [0.3, 0.4) is 0 Å². The molecule has 1 aliphatic heterocycles. The van der Waals surface area contributed by atoms with Crippen LogP contribution in [-0.2, 0) is 5.92 Å². The van der Waals surface area contributed by atoms with Crippen LogP contribution in [-0.4, -0.2) is 42.3 Å². The van der Waals surface area contributed by atoms with Crippen molar-refractivity contribution in [2.24, 2.45) is 0 Å². The maximum atomic E-state index is 14.2. The number of alkyl halides is 5. The van der Waals surface area contributed by atoms with Gasteiger partial charge in [-0.1, -0.05) is 0 Å². The Kier molecular flexibility index (Phi) is 3.95. The molecule has 2 aromatic heterocycles. The molecule has 0 saturated carbocycles. The Labute approximate surface area is 148 Å². The van der Waals surface area contributed by atoms with E-state index in [1.165, 1.54) is 0 Å². The third kappa shape index (κ3) is 2.76. The molecule has 0 bridgehead atoms. The maximum absolute atomic E-state index is 14.2. The van der Waals surface area contributed by atoms with Gasteiger partial charge in [-0.2, -0.15) is 22.0 Å². The van der Waals surface area contributed by atoms with Crippen molar-refractivity contribution < 1.29 is 30.8 Å². The zero-order valence-corrected chi connectivity index (χ0v) is 13.6. The van der Waals surface area contributed by atoms with E-state index in [1.807, 2.05) is 4.90 Å². The molecular formula is C16H12F6N4O. The Morgan fingerprint density at radius 1 is 1.07 bits per heavy atom. The smallest absolute Gasteiger partial charge is 0.443 e. The van der Waals surface area contributed by atoms with E-state index in [4.69, 9.17) is 4.42 Å². The number of oxazole rings is 1. The highest BCUT2D eigenvalue weighted by atomic mass is 19.4. The highest BCUT2D eigenvalue weighted by molar-refractivity contribution is 6.05. The number of hydrogen-bond acceptors (Lipinski definition) is 5. The van der Waals surface area contributed by atoms with Crippen molar-refractivity contribution in [1.82, 2.24) is 15.3 Å². The van der Waals surface area contributed by atoms with Gasteiger partial charge in [-0.3, -0.25) is 0 Å². The van der Waals surface area contributed by atoms with Gasteiger partial charge in [-0.25, -0.2) is 14.4 Å². The molecular weight excluding hydrogens is 378 g/mol. The fraction of sp³-hybridized carbons (Fsp3) is 0.375. The van der Waals surface area contributed by atoms with Crippen molar-refractivity contribution in [2.75, 3.05) is 31.1 Å². The lowest BCUT2D eigenvalue weighted by molar-refractivity contribution is -0.290. The van der Waals surface area contributed by atoms with Crippen molar-refractivity contribution >= 4 is 27.8 Å². The number of fused-ring (bicyclic) bond motifs is 3. The van der Waals surface area contributed by atoms with E-state index in [9.17, 15) is 26.3 Å². The molecule has 0 atom stereocenters. The second-order valence-electron chi connectivity index (χ2n) is 6.12. The monoisotopic (exact) mass is 390 g/mol. The van der Waals surface area contributed by atoms with Crippen LogP contribution in [0.5, 0.6) is 0 Å². The first-order chi connectivity index (χ1) is 12.7. The zero-order valence-electron chi connectivity index (χ0n) is 13.6. The van der Waals surface area contributed by atoms with Gasteiger partial charge < -0.3 is 14.6 Å². The Hall–Kier alpha value is -2.56. The summed E-state index contributed by atoms with van der Waals surface area (Å²) in [6.45, 7) is 2.49. The molecule has 144 valence electrons. The van der Waals surface area contributed by atoms with Gasteiger partial charge in [0.25, 0.3) is 0 Å². The predicted molar refractivity (Wildman–Crippen MR) is 84.3 cm³/mol. The molecule has 27 heavy (non-hydrogen) atoms. The molecule has 1 aliphatic rings. The van der Waals surface area contributed by atoms with Gasteiger partial charge in [-0.15, -0.1) is 0 Å². The Morgan fingerprint density at radius 2 is 1.78 bits per heavy atom. The van der Waals surface area contributed by atoms with E-state index in [0.29, 0.717) is 44.1 Å². The standard InChI is InChI=1S/C16H12F6N4O/c17-10-6-11-8(5-9(10)15(18,19)16(20,21)22)13-12(24-7-27-13)14(25-11)26-3-1-23-2-4-26/h5-7,23H,1-4H2. The predicted octanol–water partition coefficient (Wildman–Crippen LogP) is 3.58. The zero-order chi connectivity index (χ0) is 19.4. The van der Waals surface area contributed by atoms with Crippen LogP contribution >= 0.6 is 0 Å². The van der Waals surface area contributed by atoms with E-state index in [2.05, 4.69) is 15.3 Å². The van der Waals surface area contributed by atoms with Crippen molar-refractivity contribution in [2.45, 2.75) is 12.1 Å². The van der Waals surface area contributed by atoms with Crippen LogP contribution in [0.15, 0.2) is 22.9 Å². The van der Waals surface area contributed by atoms with Crippen LogP contribution in [0, 0.1) is 5.82 Å². The summed E-state index contributed by atoms with van der Waals surface area (Å²) in [6.07, 6.45) is -4.89. The van der Waals surface area contributed by atoms with Crippen LogP contribution in [0.4, 0.5) is 32.2 Å². The van der Waals surface area contributed by atoms with Crippen molar-refractivity contribution in [3.8, 4) is 0 Å². The molecule has 5 nitrogen and oxygen atoms in total. The second-order valence-corrected chi connectivity index (χ2v) is 6.12. The third-order valence-electron chi connectivity index (χ3n) is 4.45. The molecule has 11 heteroatoms. The first kappa shape index (κ1) is 17.8. The molecule has 0 amide bonds. The van der Waals surface area contributed by atoms with Crippen molar-refractivity contribution in [1.29, 1.82) is 0 Å². The minimum atomic E-state index is -5.93. The summed E-state index contributed by atoms with van der Waals surface area (Å²) in [6, 6.07) is 0.998. The molecule has 3 heterocycles. The fourth-order valence-electron chi connectivity index (χ4n) is 3.09. The third-order valence-corrected chi connectivity index (χ3v) is 4.45. The summed E-state index contributed by atoms with van der Waals surface area (Å²) in [5.74, 6) is -6.68. The lowest BCUT2D eigenvalue weighted by Gasteiger charge is -2.28. The lowest BCUT2D eigenvalue weighted by atomic mass is 10.0. The van der Waals surface area contributed by atoms with E-state index in [0.717, 1.165) is 6.39 Å². The average molecular weight is 390 g/mol.